The molecule has 2 aromatic heterocycles. The zero-order chi connectivity index (χ0) is 13.7. The highest BCUT2D eigenvalue weighted by molar-refractivity contribution is 9.10. The second-order valence-electron chi connectivity index (χ2n) is 3.86. The molecule has 96 valence electrons. The Morgan fingerprint density at radius 3 is 2.58 bits per heavy atom. The first kappa shape index (κ1) is 13.4. The number of rotatable bonds is 1. The molecule has 0 atom stereocenters. The van der Waals surface area contributed by atoms with Crippen LogP contribution in [0.2, 0.25) is 0 Å². The molecule has 2 N–H and O–H groups in total. The molecule has 3 nitrogen and oxygen atoms in total. The quantitative estimate of drug-likeness (QED) is 0.686. The van der Waals surface area contributed by atoms with Crippen LogP contribution >= 0.6 is 15.9 Å². The molecule has 0 unspecified atom stereocenters. The van der Waals surface area contributed by atoms with Crippen LogP contribution < -0.4 is 5.73 Å². The molecule has 0 fully saturated rings. The van der Waals surface area contributed by atoms with Gasteiger partial charge in [-0.3, -0.25) is 4.79 Å². The number of aromatic nitrogens is 1. The molecule has 3 rings (SSSR count). The normalized spacial score (nSPS) is 9.74. The van der Waals surface area contributed by atoms with Gasteiger partial charge in [0.25, 0.3) is 0 Å². The third-order valence-corrected chi connectivity index (χ3v) is 3.18. The second kappa shape index (κ2) is 6.20. The molecule has 3 aromatic rings. The van der Waals surface area contributed by atoms with E-state index in [1.807, 2.05) is 6.07 Å². The Morgan fingerprint density at radius 2 is 1.84 bits per heavy atom. The van der Waals surface area contributed by atoms with Crippen molar-refractivity contribution < 1.29 is 4.79 Å². The van der Waals surface area contributed by atoms with Gasteiger partial charge in [-0.25, -0.2) is 0 Å². The Labute approximate surface area is 119 Å². The van der Waals surface area contributed by atoms with Crippen LogP contribution in [0.5, 0.6) is 0 Å². The Balaban J connectivity index is 0.000000408. The summed E-state index contributed by atoms with van der Waals surface area (Å²) in [6, 6.07) is 18.9. The van der Waals surface area contributed by atoms with Gasteiger partial charge in [0.05, 0.1) is 5.69 Å². The second-order valence-corrected chi connectivity index (χ2v) is 4.78. The number of pyridine rings is 1. The number of carbonyl (C=O) groups excluding carboxylic acids is 1. The minimum absolute atomic E-state index is 0.250. The first-order valence-corrected chi connectivity index (χ1v) is 6.53. The van der Waals surface area contributed by atoms with Crippen LogP contribution in [0.25, 0.3) is 16.8 Å². The van der Waals surface area contributed by atoms with E-state index in [2.05, 4.69) is 80.8 Å². The van der Waals surface area contributed by atoms with Crippen molar-refractivity contribution in [2.75, 3.05) is 0 Å². The van der Waals surface area contributed by atoms with Crippen LogP contribution in [0.3, 0.4) is 0 Å². The molecule has 0 spiro atoms. The van der Waals surface area contributed by atoms with E-state index in [0.717, 1.165) is 4.47 Å². The van der Waals surface area contributed by atoms with Gasteiger partial charge < -0.3 is 10.1 Å². The number of nitrogens with two attached hydrogens (primary N) is 1. The monoisotopic (exact) mass is 316 g/mol. The predicted molar refractivity (Wildman–Crippen MR) is 80.8 cm³/mol. The highest BCUT2D eigenvalue weighted by Crippen LogP contribution is 2.24. The molecule has 0 bridgehead atoms. The number of carbonyl (C=O) groups is 1. The van der Waals surface area contributed by atoms with Crippen LogP contribution in [-0.4, -0.2) is 10.8 Å². The van der Waals surface area contributed by atoms with Crippen LogP contribution in [0.4, 0.5) is 0 Å². The molecule has 0 aliphatic rings. The smallest absolute Gasteiger partial charge is 0.204 e. The fourth-order valence-corrected chi connectivity index (χ4v) is 2.34. The van der Waals surface area contributed by atoms with Gasteiger partial charge in [-0.1, -0.05) is 34.1 Å². The summed E-state index contributed by atoms with van der Waals surface area (Å²) in [5, 5.41) is 0. The topological polar surface area (TPSA) is 47.5 Å². The number of fused-ring (bicyclic) bond motifs is 1. The van der Waals surface area contributed by atoms with Crippen molar-refractivity contribution >= 4 is 27.9 Å². The third kappa shape index (κ3) is 3.03. The van der Waals surface area contributed by atoms with Crippen LogP contribution in [0.1, 0.15) is 0 Å². The Kier molecular flexibility index (Phi) is 4.36. The number of hydrogen-bond acceptors (Lipinski definition) is 1. The minimum Gasteiger partial charge on any atom is -0.372 e. The number of nitrogens with zero attached hydrogens (tertiary/aromatic N) is 1. The summed E-state index contributed by atoms with van der Waals surface area (Å²) in [6.45, 7) is 0. The highest BCUT2D eigenvalue weighted by Gasteiger charge is 2.03. The third-order valence-electron chi connectivity index (χ3n) is 2.68. The first-order chi connectivity index (χ1) is 9.26. The average molecular weight is 317 g/mol. The van der Waals surface area contributed by atoms with Gasteiger partial charge in [-0.2, -0.15) is 0 Å². The molecule has 0 saturated heterocycles. The number of hydrogen-bond donors (Lipinski definition) is 1. The van der Waals surface area contributed by atoms with Gasteiger partial charge in [0.2, 0.25) is 6.41 Å². The van der Waals surface area contributed by atoms with Gasteiger partial charge in [-0.15, -0.1) is 0 Å². The molecular weight excluding hydrogens is 304 g/mol. The summed E-state index contributed by atoms with van der Waals surface area (Å²) in [4.78, 5) is 8.58. The number of primary amides is 1. The molecular formula is C15H13BrN2O. The van der Waals surface area contributed by atoms with Gasteiger partial charge in [-0.05, 0) is 42.0 Å². The molecule has 0 aliphatic carbocycles. The fourth-order valence-electron chi connectivity index (χ4n) is 1.94. The molecule has 0 radical (unpaired) electrons. The Morgan fingerprint density at radius 1 is 1.05 bits per heavy atom. The lowest BCUT2D eigenvalue weighted by molar-refractivity contribution is -0.106. The average Bonchev–Trinajstić information content (AvgIpc) is 2.83. The van der Waals surface area contributed by atoms with E-state index < -0.39 is 0 Å². The van der Waals surface area contributed by atoms with E-state index in [1.54, 1.807) is 0 Å². The Bertz CT molecular complexity index is 691. The lowest BCUT2D eigenvalue weighted by Crippen LogP contribution is -1.86. The zero-order valence-corrected chi connectivity index (χ0v) is 11.7. The van der Waals surface area contributed by atoms with Crippen molar-refractivity contribution in [3.8, 4) is 11.3 Å². The van der Waals surface area contributed by atoms with E-state index in [-0.39, 0.29) is 6.41 Å². The highest BCUT2D eigenvalue weighted by atomic mass is 79.9. The van der Waals surface area contributed by atoms with E-state index in [1.165, 1.54) is 16.8 Å². The summed E-state index contributed by atoms with van der Waals surface area (Å²) in [5.74, 6) is 0. The lowest BCUT2D eigenvalue weighted by Gasteiger charge is -2.03. The molecule has 4 heteroatoms. The standard InChI is InChI=1S/C14H10BrN.CH3NO/c15-12-5-3-4-11(10-12)14-8-7-13-6-1-2-9-16(13)14;2-1-3/h1-10H;1H,(H2,2,3). The molecule has 0 saturated carbocycles. The minimum atomic E-state index is 0.250. The first-order valence-electron chi connectivity index (χ1n) is 5.73. The lowest BCUT2D eigenvalue weighted by atomic mass is 10.1. The van der Waals surface area contributed by atoms with Crippen molar-refractivity contribution in [2.24, 2.45) is 5.73 Å². The van der Waals surface area contributed by atoms with Gasteiger partial charge in [0.1, 0.15) is 0 Å². The fraction of sp³-hybridized carbons (Fsp3) is 0. The molecule has 0 aliphatic heterocycles. The van der Waals surface area contributed by atoms with Gasteiger partial charge in [0, 0.05) is 16.2 Å². The van der Waals surface area contributed by atoms with Crippen molar-refractivity contribution in [3.05, 3.63) is 65.3 Å². The summed E-state index contributed by atoms with van der Waals surface area (Å²) < 4.78 is 3.30. The van der Waals surface area contributed by atoms with Crippen LogP contribution in [0.15, 0.2) is 65.3 Å². The zero-order valence-electron chi connectivity index (χ0n) is 10.2. The van der Waals surface area contributed by atoms with E-state index >= 15 is 0 Å². The number of benzene rings is 1. The van der Waals surface area contributed by atoms with Gasteiger partial charge in [0.15, 0.2) is 0 Å². The van der Waals surface area contributed by atoms with E-state index in [4.69, 9.17) is 4.79 Å². The largest absolute Gasteiger partial charge is 0.372 e. The maximum Gasteiger partial charge on any atom is 0.204 e. The molecule has 19 heavy (non-hydrogen) atoms. The maximum absolute atomic E-state index is 8.58. The summed E-state index contributed by atoms with van der Waals surface area (Å²) in [6.07, 6.45) is 2.34. The summed E-state index contributed by atoms with van der Waals surface area (Å²) >= 11 is 3.50. The maximum atomic E-state index is 8.58. The number of halogens is 1. The van der Waals surface area contributed by atoms with Crippen molar-refractivity contribution in [1.29, 1.82) is 0 Å². The van der Waals surface area contributed by atoms with E-state index in [0.29, 0.717) is 0 Å². The van der Waals surface area contributed by atoms with Crippen molar-refractivity contribution in [3.63, 3.8) is 0 Å². The summed E-state index contributed by atoms with van der Waals surface area (Å²) in [5.41, 5.74) is 7.83. The van der Waals surface area contributed by atoms with Crippen LogP contribution in [-0.2, 0) is 4.79 Å². The van der Waals surface area contributed by atoms with Gasteiger partial charge >= 0.3 is 0 Å². The number of amides is 1. The molecule has 1 aromatic carbocycles. The predicted octanol–water partition coefficient (Wildman–Crippen LogP) is 3.47. The SMILES string of the molecule is Brc1cccc(-c2ccc3ccccn23)c1.NC=O. The van der Waals surface area contributed by atoms with Crippen molar-refractivity contribution in [1.82, 2.24) is 4.40 Å². The molecule has 1 amide bonds. The van der Waals surface area contributed by atoms with Crippen LogP contribution in [0, 0.1) is 0 Å². The molecule has 2 heterocycles. The van der Waals surface area contributed by atoms with Crippen molar-refractivity contribution in [2.45, 2.75) is 0 Å². The summed E-state index contributed by atoms with van der Waals surface area (Å²) in [7, 11) is 0. The Hall–Kier alpha value is -2.07. The van der Waals surface area contributed by atoms with E-state index in [9.17, 15) is 0 Å².